The van der Waals surface area contributed by atoms with Crippen LogP contribution in [-0.4, -0.2) is 64.0 Å². The second-order valence-corrected chi connectivity index (χ2v) is 6.45. The highest BCUT2D eigenvalue weighted by atomic mass is 16.7. The maximum absolute atomic E-state index is 11.7. The maximum atomic E-state index is 11.7. The van der Waals surface area contributed by atoms with E-state index in [1.807, 2.05) is 14.1 Å². The molecule has 22 heavy (non-hydrogen) atoms. The van der Waals surface area contributed by atoms with Gasteiger partial charge < -0.3 is 25.0 Å². The van der Waals surface area contributed by atoms with Crippen LogP contribution in [0, 0.1) is 0 Å². The van der Waals surface area contributed by atoms with E-state index in [9.17, 15) is 9.59 Å². The zero-order valence-electron chi connectivity index (χ0n) is 13.6. The van der Waals surface area contributed by atoms with Crippen LogP contribution < -0.4 is 15.5 Å². The standard InChI is InChI=1S/C15H27N3O4/c1-18(2)9-8-16-13(19)14(20)17-10-12-11-21-15(22-12)6-4-3-5-7-15/h12H,3-11H2,1-2H3,(H,16,19)(H,17,20)/p+1/t12-/m1/s1. The van der Waals surface area contributed by atoms with Gasteiger partial charge in [-0.15, -0.1) is 0 Å². The molecule has 3 N–H and O–H groups in total. The number of ether oxygens (including phenoxy) is 2. The number of hydrogen-bond donors (Lipinski definition) is 3. The van der Waals surface area contributed by atoms with Gasteiger partial charge in [0, 0.05) is 19.4 Å². The first-order valence-electron chi connectivity index (χ1n) is 8.18. The molecular weight excluding hydrogens is 286 g/mol. The number of carbonyl (C=O) groups is 2. The van der Waals surface area contributed by atoms with Crippen LogP contribution in [0.4, 0.5) is 0 Å². The van der Waals surface area contributed by atoms with Crippen LogP contribution in [-0.2, 0) is 19.1 Å². The predicted molar refractivity (Wildman–Crippen MR) is 80.3 cm³/mol. The highest BCUT2D eigenvalue weighted by Crippen LogP contribution is 2.37. The average molecular weight is 314 g/mol. The molecule has 1 saturated carbocycles. The van der Waals surface area contributed by atoms with Crippen molar-refractivity contribution >= 4 is 11.8 Å². The molecule has 126 valence electrons. The molecule has 2 amide bonds. The van der Waals surface area contributed by atoms with Gasteiger partial charge in [0.05, 0.1) is 33.8 Å². The van der Waals surface area contributed by atoms with E-state index in [4.69, 9.17) is 9.47 Å². The zero-order chi connectivity index (χ0) is 16.0. The second kappa shape index (κ2) is 7.89. The molecule has 2 fully saturated rings. The minimum absolute atomic E-state index is 0.166. The summed E-state index contributed by atoms with van der Waals surface area (Å²) in [7, 11) is 3.98. The Hall–Kier alpha value is -1.18. The van der Waals surface area contributed by atoms with Gasteiger partial charge in [-0.25, -0.2) is 0 Å². The van der Waals surface area contributed by atoms with Gasteiger partial charge >= 0.3 is 11.8 Å². The number of likely N-dealkylation sites (N-methyl/N-ethyl adjacent to an activating group) is 1. The quantitative estimate of drug-likeness (QED) is 0.536. The van der Waals surface area contributed by atoms with E-state index < -0.39 is 17.6 Å². The van der Waals surface area contributed by atoms with Crippen LogP contribution in [0.2, 0.25) is 0 Å². The molecule has 0 aromatic rings. The molecule has 7 nitrogen and oxygen atoms in total. The summed E-state index contributed by atoms with van der Waals surface area (Å²) in [5, 5.41) is 5.22. The molecule has 1 heterocycles. The molecule has 1 spiro atoms. The third-order valence-electron chi connectivity index (χ3n) is 4.14. The fourth-order valence-electron chi connectivity index (χ4n) is 2.86. The summed E-state index contributed by atoms with van der Waals surface area (Å²) in [6, 6.07) is 0. The van der Waals surface area contributed by atoms with Crippen molar-refractivity contribution in [3.63, 3.8) is 0 Å². The lowest BCUT2D eigenvalue weighted by Crippen LogP contribution is -3.06. The van der Waals surface area contributed by atoms with E-state index in [0.717, 1.165) is 32.2 Å². The number of carbonyl (C=O) groups excluding carboxylic acids is 2. The van der Waals surface area contributed by atoms with E-state index in [2.05, 4.69) is 10.6 Å². The van der Waals surface area contributed by atoms with Gasteiger partial charge in [0.2, 0.25) is 0 Å². The molecule has 0 unspecified atom stereocenters. The van der Waals surface area contributed by atoms with Crippen molar-refractivity contribution in [3.8, 4) is 0 Å². The van der Waals surface area contributed by atoms with Crippen LogP contribution in [0.1, 0.15) is 32.1 Å². The summed E-state index contributed by atoms with van der Waals surface area (Å²) in [5.41, 5.74) is 0. The maximum Gasteiger partial charge on any atom is 0.309 e. The van der Waals surface area contributed by atoms with Crippen molar-refractivity contribution in [1.29, 1.82) is 0 Å². The van der Waals surface area contributed by atoms with Crippen molar-refractivity contribution < 1.29 is 24.0 Å². The van der Waals surface area contributed by atoms with Crippen molar-refractivity contribution in [2.45, 2.75) is 44.0 Å². The Kier molecular flexibility index (Phi) is 6.16. The van der Waals surface area contributed by atoms with E-state index in [1.165, 1.54) is 11.3 Å². The molecule has 1 saturated heterocycles. The molecule has 1 atom stereocenters. The van der Waals surface area contributed by atoms with Crippen LogP contribution >= 0.6 is 0 Å². The highest BCUT2D eigenvalue weighted by Gasteiger charge is 2.42. The van der Waals surface area contributed by atoms with Gasteiger partial charge in [-0.1, -0.05) is 6.42 Å². The fraction of sp³-hybridized carbons (Fsp3) is 0.867. The summed E-state index contributed by atoms with van der Waals surface area (Å²) in [6.45, 7) is 2.06. The van der Waals surface area contributed by atoms with E-state index in [1.54, 1.807) is 0 Å². The Balaban J connectivity index is 1.65. The summed E-state index contributed by atoms with van der Waals surface area (Å²) in [5.74, 6) is -1.64. The first-order chi connectivity index (χ1) is 10.5. The molecule has 7 heteroatoms. The Morgan fingerprint density at radius 3 is 2.50 bits per heavy atom. The van der Waals surface area contributed by atoms with Crippen LogP contribution in [0.25, 0.3) is 0 Å². The van der Waals surface area contributed by atoms with Gasteiger partial charge in [0.15, 0.2) is 5.79 Å². The third kappa shape index (κ3) is 4.93. The Morgan fingerprint density at radius 1 is 1.14 bits per heavy atom. The Bertz CT molecular complexity index is 394. The summed E-state index contributed by atoms with van der Waals surface area (Å²) >= 11 is 0. The lowest BCUT2D eigenvalue weighted by Gasteiger charge is -2.31. The number of nitrogens with one attached hydrogen (secondary N) is 3. The third-order valence-corrected chi connectivity index (χ3v) is 4.14. The summed E-state index contributed by atoms with van der Waals surface area (Å²) < 4.78 is 11.8. The molecule has 0 radical (unpaired) electrons. The van der Waals surface area contributed by atoms with Crippen molar-refractivity contribution in [3.05, 3.63) is 0 Å². The summed E-state index contributed by atoms with van der Waals surface area (Å²) in [4.78, 5) is 24.6. The monoisotopic (exact) mass is 314 g/mol. The molecular formula is C15H28N3O4+. The smallest absolute Gasteiger partial charge is 0.309 e. The number of amides is 2. The normalized spacial score (nSPS) is 23.7. The van der Waals surface area contributed by atoms with Crippen molar-refractivity contribution in [2.75, 3.05) is 40.3 Å². The highest BCUT2D eigenvalue weighted by molar-refractivity contribution is 6.35. The van der Waals surface area contributed by atoms with E-state index in [-0.39, 0.29) is 6.10 Å². The van der Waals surface area contributed by atoms with Crippen LogP contribution in [0.3, 0.4) is 0 Å². The predicted octanol–water partition coefficient (Wildman–Crippen LogP) is -1.56. The summed E-state index contributed by atoms with van der Waals surface area (Å²) in [6.07, 6.45) is 5.14. The minimum atomic E-state index is -0.609. The molecule has 1 aliphatic carbocycles. The van der Waals surface area contributed by atoms with Gasteiger partial charge in [-0.2, -0.15) is 0 Å². The number of rotatable bonds is 5. The first kappa shape index (κ1) is 17.2. The molecule has 0 aromatic carbocycles. The Morgan fingerprint density at radius 2 is 1.82 bits per heavy atom. The van der Waals surface area contributed by atoms with Crippen LogP contribution in [0.15, 0.2) is 0 Å². The van der Waals surface area contributed by atoms with Gasteiger partial charge in [0.25, 0.3) is 0 Å². The second-order valence-electron chi connectivity index (χ2n) is 6.45. The average Bonchev–Trinajstić information content (AvgIpc) is 2.87. The zero-order valence-corrected chi connectivity index (χ0v) is 13.6. The topological polar surface area (TPSA) is 81.1 Å². The van der Waals surface area contributed by atoms with Gasteiger partial charge in [-0.05, 0) is 12.8 Å². The molecule has 2 aliphatic rings. The number of quaternary nitrogens is 1. The molecule has 0 aromatic heterocycles. The van der Waals surface area contributed by atoms with Crippen LogP contribution in [0.5, 0.6) is 0 Å². The largest absolute Gasteiger partial charge is 0.347 e. The molecule has 1 aliphatic heterocycles. The van der Waals surface area contributed by atoms with E-state index in [0.29, 0.717) is 19.7 Å². The molecule has 0 bridgehead atoms. The SMILES string of the molecule is C[NH+](C)CCNC(=O)C(=O)NC[C@@H]1COC2(CCCCC2)O1. The minimum Gasteiger partial charge on any atom is -0.347 e. The van der Waals surface area contributed by atoms with Crippen molar-refractivity contribution in [1.82, 2.24) is 10.6 Å². The lowest BCUT2D eigenvalue weighted by atomic mass is 9.94. The van der Waals surface area contributed by atoms with Gasteiger partial charge in [-0.3, -0.25) is 9.59 Å². The van der Waals surface area contributed by atoms with Gasteiger partial charge in [0.1, 0.15) is 6.10 Å². The lowest BCUT2D eigenvalue weighted by molar-refractivity contribution is -0.856. The Labute approximate surface area is 131 Å². The van der Waals surface area contributed by atoms with E-state index >= 15 is 0 Å². The first-order valence-corrected chi connectivity index (χ1v) is 8.18. The number of hydrogen-bond acceptors (Lipinski definition) is 4. The molecule has 2 rings (SSSR count). The van der Waals surface area contributed by atoms with Crippen molar-refractivity contribution in [2.24, 2.45) is 0 Å². The fourth-order valence-corrected chi connectivity index (χ4v) is 2.86.